The Morgan fingerprint density at radius 2 is 1.09 bits per heavy atom. The van der Waals surface area contributed by atoms with Gasteiger partial charge >= 0.3 is 0 Å². The molecular weight excluding hydrogens is 568 g/mol. The molecule has 0 aliphatic heterocycles. The third-order valence-electron chi connectivity index (χ3n) is 6.45. The maximum Gasteiger partial charge on any atom is 0.296 e. The molecule has 0 amide bonds. The number of nitro groups is 2. The van der Waals surface area contributed by atoms with Crippen molar-refractivity contribution < 1.29 is 18.3 Å². The van der Waals surface area contributed by atoms with Gasteiger partial charge in [0.1, 0.15) is 0 Å². The predicted octanol–water partition coefficient (Wildman–Crippen LogP) is 7.94. The van der Waals surface area contributed by atoms with Gasteiger partial charge < -0.3 is 4.90 Å². The predicted molar refractivity (Wildman–Crippen MR) is 167 cm³/mol. The van der Waals surface area contributed by atoms with Gasteiger partial charge in [0.25, 0.3) is 21.4 Å². The average molecular weight is 593 g/mol. The van der Waals surface area contributed by atoms with Gasteiger partial charge in [0.2, 0.25) is 0 Å². The molecule has 0 spiro atoms. The molecule has 0 fully saturated rings. The topological polar surface area (TPSA) is 136 Å². The summed E-state index contributed by atoms with van der Waals surface area (Å²) < 4.78 is 28.0. The van der Waals surface area contributed by atoms with E-state index in [9.17, 15) is 28.6 Å². The highest BCUT2D eigenvalue weighted by molar-refractivity contribution is 7.92. The number of rotatable bonds is 10. The van der Waals surface area contributed by atoms with Crippen LogP contribution in [0.2, 0.25) is 0 Å². The van der Waals surface area contributed by atoms with E-state index in [1.807, 2.05) is 72.8 Å². The van der Waals surface area contributed by atoms with Crippen molar-refractivity contribution in [2.45, 2.75) is 4.90 Å². The fourth-order valence-electron chi connectivity index (χ4n) is 4.39. The molecule has 0 bridgehead atoms. The van der Waals surface area contributed by atoms with E-state index in [-0.39, 0.29) is 5.69 Å². The quantitative estimate of drug-likeness (QED) is 0.0987. The number of benzene rings is 5. The van der Waals surface area contributed by atoms with Crippen molar-refractivity contribution in [3.05, 3.63) is 159 Å². The molecule has 0 saturated carbocycles. The lowest BCUT2D eigenvalue weighted by molar-refractivity contribution is -0.396. The number of nitrogens with zero attached hydrogens (tertiary/aromatic N) is 3. The van der Waals surface area contributed by atoms with Crippen LogP contribution in [-0.4, -0.2) is 18.3 Å². The van der Waals surface area contributed by atoms with Crippen LogP contribution in [0.5, 0.6) is 0 Å². The molecule has 0 unspecified atom stereocenters. The Kier molecular flexibility index (Phi) is 8.26. The van der Waals surface area contributed by atoms with E-state index >= 15 is 0 Å². The number of hydrogen-bond acceptors (Lipinski definition) is 7. The molecule has 5 aromatic rings. The van der Waals surface area contributed by atoms with Crippen molar-refractivity contribution in [3.63, 3.8) is 0 Å². The van der Waals surface area contributed by atoms with E-state index in [4.69, 9.17) is 0 Å². The van der Waals surface area contributed by atoms with Gasteiger partial charge in [-0.3, -0.25) is 25.0 Å². The summed E-state index contributed by atoms with van der Waals surface area (Å²) in [6.07, 6.45) is 3.80. The summed E-state index contributed by atoms with van der Waals surface area (Å²) in [6, 6.07) is 37.1. The van der Waals surface area contributed by atoms with Gasteiger partial charge in [-0.15, -0.1) is 0 Å². The van der Waals surface area contributed by atoms with Crippen molar-refractivity contribution in [3.8, 4) is 0 Å². The molecule has 0 atom stereocenters. The van der Waals surface area contributed by atoms with Crippen LogP contribution in [0.4, 0.5) is 34.1 Å². The second-order valence-electron chi connectivity index (χ2n) is 9.33. The van der Waals surface area contributed by atoms with Crippen LogP contribution in [0, 0.1) is 20.2 Å². The Morgan fingerprint density at radius 1 is 0.605 bits per heavy atom. The molecule has 0 aliphatic carbocycles. The lowest BCUT2D eigenvalue weighted by Gasteiger charge is -2.25. The molecule has 0 heterocycles. The molecule has 43 heavy (non-hydrogen) atoms. The highest BCUT2D eigenvalue weighted by Crippen LogP contribution is 2.34. The Labute approximate surface area is 247 Å². The number of nitrogens with one attached hydrogen (secondary N) is 1. The van der Waals surface area contributed by atoms with E-state index < -0.39 is 36.1 Å². The summed E-state index contributed by atoms with van der Waals surface area (Å²) in [4.78, 5) is 22.0. The highest BCUT2D eigenvalue weighted by atomic mass is 32.2. The van der Waals surface area contributed by atoms with Gasteiger partial charge in [0, 0.05) is 28.8 Å². The molecule has 0 aliphatic rings. The maximum absolute atomic E-state index is 12.9. The van der Waals surface area contributed by atoms with E-state index in [2.05, 4.69) is 33.9 Å². The highest BCUT2D eigenvalue weighted by Gasteiger charge is 2.28. The number of anilines is 4. The molecular formula is C32H24N4O6S. The lowest BCUT2D eigenvalue weighted by Crippen LogP contribution is -2.15. The minimum atomic E-state index is -4.39. The Balaban J connectivity index is 1.31. The first-order chi connectivity index (χ1) is 20.7. The third kappa shape index (κ3) is 6.75. The normalized spacial score (nSPS) is 11.3. The monoisotopic (exact) mass is 592 g/mol. The summed E-state index contributed by atoms with van der Waals surface area (Å²) in [7, 11) is -4.39. The van der Waals surface area contributed by atoms with E-state index in [0.717, 1.165) is 40.3 Å². The van der Waals surface area contributed by atoms with Crippen molar-refractivity contribution in [2.75, 3.05) is 9.62 Å². The van der Waals surface area contributed by atoms with Crippen LogP contribution in [0.3, 0.4) is 0 Å². The van der Waals surface area contributed by atoms with Gasteiger partial charge in [-0.1, -0.05) is 72.8 Å². The molecule has 10 nitrogen and oxygen atoms in total. The molecule has 214 valence electrons. The lowest BCUT2D eigenvalue weighted by atomic mass is 10.1. The van der Waals surface area contributed by atoms with Gasteiger partial charge in [-0.2, -0.15) is 0 Å². The zero-order valence-electron chi connectivity index (χ0n) is 22.5. The van der Waals surface area contributed by atoms with Gasteiger partial charge in [0.05, 0.1) is 15.9 Å². The molecule has 5 rings (SSSR count). The fourth-order valence-corrected chi connectivity index (χ4v) is 5.60. The molecule has 1 N–H and O–H groups in total. The minimum Gasteiger partial charge on any atom is -0.311 e. The SMILES string of the molecule is O=[N+]([O-])c1ccc(S(=O)(=O)Nc2ccc(/C=C/c3ccc(N(c4ccccc4)c4ccccc4)cc3)cc2)c([N+](=O)[O-])c1. The van der Waals surface area contributed by atoms with Gasteiger partial charge in [-0.05, 0) is 65.7 Å². The number of hydrogen-bond donors (Lipinski definition) is 1. The van der Waals surface area contributed by atoms with Crippen LogP contribution in [0.25, 0.3) is 12.2 Å². The molecule has 11 heteroatoms. The van der Waals surface area contributed by atoms with Gasteiger partial charge in [-0.25, -0.2) is 8.42 Å². The Bertz CT molecular complexity index is 1860. The van der Waals surface area contributed by atoms with Gasteiger partial charge in [0.15, 0.2) is 4.90 Å². The maximum atomic E-state index is 12.9. The van der Waals surface area contributed by atoms with E-state index in [1.165, 1.54) is 12.1 Å². The van der Waals surface area contributed by atoms with Crippen molar-refractivity contribution >= 4 is 56.3 Å². The van der Waals surface area contributed by atoms with E-state index in [1.54, 1.807) is 12.1 Å². The number of para-hydroxylation sites is 2. The number of non-ortho nitro benzene ring substituents is 1. The van der Waals surface area contributed by atoms with Crippen molar-refractivity contribution in [2.24, 2.45) is 0 Å². The zero-order chi connectivity index (χ0) is 30.4. The summed E-state index contributed by atoms with van der Waals surface area (Å²) >= 11 is 0. The summed E-state index contributed by atoms with van der Waals surface area (Å²) in [6.45, 7) is 0. The first kappa shape index (κ1) is 28.7. The van der Waals surface area contributed by atoms with Crippen LogP contribution in [0.1, 0.15) is 11.1 Å². The summed E-state index contributed by atoms with van der Waals surface area (Å²) in [5.74, 6) is 0. The Hall–Kier alpha value is -5.81. The largest absolute Gasteiger partial charge is 0.311 e. The number of sulfonamides is 1. The third-order valence-corrected chi connectivity index (χ3v) is 7.88. The van der Waals surface area contributed by atoms with Crippen LogP contribution < -0.4 is 9.62 Å². The smallest absolute Gasteiger partial charge is 0.296 e. The standard InChI is InChI=1S/C32H24N4O6S/c37-35(38)30-21-22-32(31(23-30)36(39)40)43(41,42)33-26-17-13-24(14-18-26)11-12-25-15-19-29(20-16-25)34(27-7-3-1-4-8-27)28-9-5-2-6-10-28/h1-23,33H/b12-11+. The molecule has 0 saturated heterocycles. The summed E-state index contributed by atoms with van der Waals surface area (Å²) in [5, 5.41) is 22.4. The fraction of sp³-hybridized carbons (Fsp3) is 0. The molecule has 0 radical (unpaired) electrons. The summed E-state index contributed by atoms with van der Waals surface area (Å²) in [5.41, 5.74) is 3.54. The second kappa shape index (κ2) is 12.4. The number of nitro benzene ring substituents is 2. The zero-order valence-corrected chi connectivity index (χ0v) is 23.3. The first-order valence-corrected chi connectivity index (χ1v) is 14.4. The van der Waals surface area contributed by atoms with E-state index in [0.29, 0.717) is 6.07 Å². The van der Waals surface area contributed by atoms with Crippen LogP contribution >= 0.6 is 0 Å². The first-order valence-electron chi connectivity index (χ1n) is 13.0. The Morgan fingerprint density at radius 3 is 1.58 bits per heavy atom. The second-order valence-corrected chi connectivity index (χ2v) is 11.0. The average Bonchev–Trinajstić information content (AvgIpc) is 3.02. The van der Waals surface area contributed by atoms with Crippen LogP contribution in [0.15, 0.2) is 132 Å². The minimum absolute atomic E-state index is 0.177. The van der Waals surface area contributed by atoms with Crippen molar-refractivity contribution in [1.29, 1.82) is 0 Å². The molecule has 0 aromatic heterocycles. The molecule has 5 aromatic carbocycles. The van der Waals surface area contributed by atoms with Crippen molar-refractivity contribution in [1.82, 2.24) is 0 Å². The van der Waals surface area contributed by atoms with Crippen LogP contribution in [-0.2, 0) is 10.0 Å².